The van der Waals surface area contributed by atoms with Crippen molar-refractivity contribution >= 4 is 0 Å². The van der Waals surface area contributed by atoms with Gasteiger partial charge in [-0.2, -0.15) is 0 Å². The summed E-state index contributed by atoms with van der Waals surface area (Å²) in [4.78, 5) is 9.95. The van der Waals surface area contributed by atoms with Gasteiger partial charge in [0.05, 0.1) is 19.7 Å². The van der Waals surface area contributed by atoms with Gasteiger partial charge >= 0.3 is 0 Å². The predicted octanol–water partition coefficient (Wildman–Crippen LogP) is 1.56. The van der Waals surface area contributed by atoms with E-state index in [0.717, 1.165) is 37.8 Å². The molecule has 106 valence electrons. The minimum Gasteiger partial charge on any atom is -0.496 e. The smallest absolute Gasteiger partial charge is 0.123 e. The number of H-pyrrole nitrogens is 1. The summed E-state index contributed by atoms with van der Waals surface area (Å²) in [7, 11) is 1.73. The quantitative estimate of drug-likeness (QED) is 0.887. The largest absolute Gasteiger partial charge is 0.496 e. The standard InChI is InChI=1S/C15H20N4O/c1-20-14-5-3-2-4-12(14)13-10-16-8-9-19(13)11-15-17-6-7-18-15/h2-7,13,16H,8-11H2,1H3,(H,17,18)/t13-/m0/s1. The topological polar surface area (TPSA) is 53.2 Å². The molecule has 0 unspecified atom stereocenters. The number of benzene rings is 1. The van der Waals surface area contributed by atoms with Gasteiger partial charge in [-0.1, -0.05) is 18.2 Å². The van der Waals surface area contributed by atoms with Crippen molar-refractivity contribution in [2.75, 3.05) is 26.7 Å². The lowest BCUT2D eigenvalue weighted by molar-refractivity contribution is 0.147. The van der Waals surface area contributed by atoms with Gasteiger partial charge < -0.3 is 15.0 Å². The molecule has 1 aromatic heterocycles. The van der Waals surface area contributed by atoms with E-state index in [0.29, 0.717) is 6.04 Å². The molecule has 0 spiro atoms. The molecular formula is C15H20N4O. The molecule has 5 heteroatoms. The van der Waals surface area contributed by atoms with E-state index < -0.39 is 0 Å². The molecule has 0 amide bonds. The van der Waals surface area contributed by atoms with Crippen LogP contribution in [0.3, 0.4) is 0 Å². The number of ether oxygens (including phenoxy) is 1. The Bertz CT molecular complexity index is 541. The summed E-state index contributed by atoms with van der Waals surface area (Å²) in [5.41, 5.74) is 1.23. The van der Waals surface area contributed by atoms with Crippen LogP contribution in [0.1, 0.15) is 17.4 Å². The monoisotopic (exact) mass is 272 g/mol. The van der Waals surface area contributed by atoms with Crippen LogP contribution in [-0.4, -0.2) is 41.6 Å². The van der Waals surface area contributed by atoms with Gasteiger partial charge in [0.25, 0.3) is 0 Å². The number of aromatic amines is 1. The summed E-state index contributed by atoms with van der Waals surface area (Å²) in [6.45, 7) is 3.77. The number of imidazole rings is 1. The molecule has 2 heterocycles. The van der Waals surface area contributed by atoms with Crippen molar-refractivity contribution in [2.24, 2.45) is 0 Å². The number of rotatable bonds is 4. The Morgan fingerprint density at radius 1 is 1.40 bits per heavy atom. The van der Waals surface area contributed by atoms with Crippen molar-refractivity contribution in [3.05, 3.63) is 48.0 Å². The molecule has 2 aromatic rings. The highest BCUT2D eigenvalue weighted by Crippen LogP contribution is 2.30. The van der Waals surface area contributed by atoms with E-state index in [1.165, 1.54) is 5.56 Å². The van der Waals surface area contributed by atoms with Crippen LogP contribution in [0.15, 0.2) is 36.7 Å². The molecule has 5 nitrogen and oxygen atoms in total. The van der Waals surface area contributed by atoms with Crippen molar-refractivity contribution in [1.82, 2.24) is 20.2 Å². The zero-order valence-corrected chi connectivity index (χ0v) is 11.7. The minimum atomic E-state index is 0.310. The van der Waals surface area contributed by atoms with Crippen LogP contribution in [0.2, 0.25) is 0 Å². The second-order valence-corrected chi connectivity index (χ2v) is 4.97. The van der Waals surface area contributed by atoms with E-state index in [9.17, 15) is 0 Å². The summed E-state index contributed by atoms with van der Waals surface area (Å²) >= 11 is 0. The Morgan fingerprint density at radius 3 is 3.10 bits per heavy atom. The fourth-order valence-electron chi connectivity index (χ4n) is 2.76. The summed E-state index contributed by atoms with van der Waals surface area (Å²) < 4.78 is 5.50. The number of nitrogens with zero attached hydrogens (tertiary/aromatic N) is 2. The Balaban J connectivity index is 1.84. The lowest BCUT2D eigenvalue weighted by Gasteiger charge is -2.36. The average Bonchev–Trinajstić information content (AvgIpc) is 3.01. The summed E-state index contributed by atoms with van der Waals surface area (Å²) in [5.74, 6) is 1.96. The van der Waals surface area contributed by atoms with Crippen LogP contribution in [0, 0.1) is 0 Å². The second kappa shape index (κ2) is 6.07. The van der Waals surface area contributed by atoms with Crippen LogP contribution in [0.25, 0.3) is 0 Å². The summed E-state index contributed by atoms with van der Waals surface area (Å²) in [6, 6.07) is 8.55. The van der Waals surface area contributed by atoms with Crippen LogP contribution in [-0.2, 0) is 6.54 Å². The first-order chi connectivity index (χ1) is 9.88. The van der Waals surface area contributed by atoms with E-state index >= 15 is 0 Å². The van der Waals surface area contributed by atoms with Crippen LogP contribution >= 0.6 is 0 Å². The lowest BCUT2D eigenvalue weighted by Crippen LogP contribution is -2.45. The maximum absolute atomic E-state index is 5.50. The van der Waals surface area contributed by atoms with E-state index in [1.807, 2.05) is 18.3 Å². The molecule has 20 heavy (non-hydrogen) atoms. The number of methoxy groups -OCH3 is 1. The zero-order valence-electron chi connectivity index (χ0n) is 11.7. The van der Waals surface area contributed by atoms with E-state index in [-0.39, 0.29) is 0 Å². The third kappa shape index (κ3) is 2.69. The molecule has 1 aliphatic heterocycles. The summed E-state index contributed by atoms with van der Waals surface area (Å²) in [6.07, 6.45) is 3.67. The highest BCUT2D eigenvalue weighted by atomic mass is 16.5. The number of hydrogen-bond acceptors (Lipinski definition) is 4. The molecule has 1 aliphatic rings. The molecule has 0 bridgehead atoms. The maximum atomic E-state index is 5.50. The third-order valence-corrected chi connectivity index (χ3v) is 3.76. The molecule has 0 radical (unpaired) electrons. The molecule has 1 fully saturated rings. The Labute approximate surface area is 119 Å². The van der Waals surface area contributed by atoms with Crippen molar-refractivity contribution in [2.45, 2.75) is 12.6 Å². The number of aromatic nitrogens is 2. The summed E-state index contributed by atoms with van der Waals surface area (Å²) in [5, 5.41) is 3.47. The van der Waals surface area contributed by atoms with Crippen molar-refractivity contribution < 1.29 is 4.74 Å². The SMILES string of the molecule is COc1ccccc1[C@@H]1CNCCN1Cc1ncc[nH]1. The van der Waals surface area contributed by atoms with Crippen LogP contribution in [0.5, 0.6) is 5.75 Å². The predicted molar refractivity (Wildman–Crippen MR) is 77.6 cm³/mol. The molecule has 1 atom stereocenters. The number of hydrogen-bond donors (Lipinski definition) is 2. The first-order valence-corrected chi connectivity index (χ1v) is 6.94. The first-order valence-electron chi connectivity index (χ1n) is 6.94. The molecule has 1 saturated heterocycles. The normalized spacial score (nSPS) is 19.9. The Hall–Kier alpha value is -1.85. The van der Waals surface area contributed by atoms with Gasteiger partial charge in [-0.05, 0) is 6.07 Å². The molecule has 0 saturated carbocycles. The van der Waals surface area contributed by atoms with Gasteiger partial charge in [0.2, 0.25) is 0 Å². The second-order valence-electron chi connectivity index (χ2n) is 4.97. The van der Waals surface area contributed by atoms with Gasteiger partial charge in [-0.25, -0.2) is 4.98 Å². The van der Waals surface area contributed by atoms with E-state index in [1.54, 1.807) is 13.3 Å². The maximum Gasteiger partial charge on any atom is 0.123 e. The number of piperazine rings is 1. The van der Waals surface area contributed by atoms with E-state index in [2.05, 4.69) is 32.3 Å². The fourth-order valence-corrected chi connectivity index (χ4v) is 2.76. The van der Waals surface area contributed by atoms with Gasteiger partial charge in [0, 0.05) is 37.6 Å². The molecule has 3 rings (SSSR count). The molecule has 1 aromatic carbocycles. The highest BCUT2D eigenvalue weighted by molar-refractivity contribution is 5.36. The van der Waals surface area contributed by atoms with Crippen LogP contribution in [0.4, 0.5) is 0 Å². The van der Waals surface area contributed by atoms with Crippen molar-refractivity contribution in [3.8, 4) is 5.75 Å². The first kappa shape index (κ1) is 13.1. The molecular weight excluding hydrogens is 252 g/mol. The van der Waals surface area contributed by atoms with Crippen molar-refractivity contribution in [1.29, 1.82) is 0 Å². The van der Waals surface area contributed by atoms with Crippen LogP contribution < -0.4 is 10.1 Å². The fraction of sp³-hybridized carbons (Fsp3) is 0.400. The lowest BCUT2D eigenvalue weighted by atomic mass is 10.0. The zero-order chi connectivity index (χ0) is 13.8. The van der Waals surface area contributed by atoms with Gasteiger partial charge in [-0.3, -0.25) is 4.90 Å². The molecule has 0 aliphatic carbocycles. The number of para-hydroxylation sites is 1. The van der Waals surface area contributed by atoms with E-state index in [4.69, 9.17) is 4.74 Å². The molecule has 2 N–H and O–H groups in total. The Morgan fingerprint density at radius 2 is 2.30 bits per heavy atom. The average molecular weight is 272 g/mol. The number of nitrogens with one attached hydrogen (secondary N) is 2. The van der Waals surface area contributed by atoms with Crippen molar-refractivity contribution in [3.63, 3.8) is 0 Å². The minimum absolute atomic E-state index is 0.310. The van der Waals surface area contributed by atoms with Gasteiger partial charge in [-0.15, -0.1) is 0 Å². The third-order valence-electron chi connectivity index (χ3n) is 3.76. The highest BCUT2D eigenvalue weighted by Gasteiger charge is 2.26. The Kier molecular flexibility index (Phi) is 3.99. The van der Waals surface area contributed by atoms with Gasteiger partial charge in [0.1, 0.15) is 11.6 Å². The van der Waals surface area contributed by atoms with Gasteiger partial charge in [0.15, 0.2) is 0 Å².